The number of aromatic nitrogens is 2. The van der Waals surface area contributed by atoms with Crippen LogP contribution >= 0.6 is 0 Å². The number of rotatable bonds is 8. The van der Waals surface area contributed by atoms with Crippen molar-refractivity contribution in [1.29, 1.82) is 0 Å². The van der Waals surface area contributed by atoms with Gasteiger partial charge in [0.15, 0.2) is 0 Å². The van der Waals surface area contributed by atoms with Gasteiger partial charge in [0.25, 0.3) is 0 Å². The van der Waals surface area contributed by atoms with Gasteiger partial charge in [0, 0.05) is 25.6 Å². The molecule has 4 heteroatoms. The topological polar surface area (TPSA) is 49.8 Å². The van der Waals surface area contributed by atoms with Gasteiger partial charge in [0.2, 0.25) is 0 Å². The molecule has 0 fully saturated rings. The van der Waals surface area contributed by atoms with Crippen LogP contribution < -0.4 is 10.6 Å². The summed E-state index contributed by atoms with van der Waals surface area (Å²) >= 11 is 0. The highest BCUT2D eigenvalue weighted by molar-refractivity contribution is 5.47. The molecule has 0 bridgehead atoms. The van der Waals surface area contributed by atoms with Crippen LogP contribution in [-0.2, 0) is 6.42 Å². The molecule has 0 saturated carbocycles. The predicted octanol–water partition coefficient (Wildman–Crippen LogP) is 4.10. The van der Waals surface area contributed by atoms with Gasteiger partial charge in [-0.05, 0) is 24.7 Å². The summed E-state index contributed by atoms with van der Waals surface area (Å²) in [6.45, 7) is 13.0. The van der Waals surface area contributed by atoms with Crippen molar-refractivity contribution in [1.82, 2.24) is 9.97 Å². The van der Waals surface area contributed by atoms with Gasteiger partial charge >= 0.3 is 0 Å². The molecule has 0 atom stereocenters. The molecule has 0 aliphatic carbocycles. The fraction of sp³-hybridized carbons (Fsp3) is 0.750. The summed E-state index contributed by atoms with van der Waals surface area (Å²) in [4.78, 5) is 9.14. The molecule has 0 aliphatic rings. The fourth-order valence-electron chi connectivity index (χ4n) is 1.83. The molecule has 4 nitrogen and oxygen atoms in total. The second-order valence-electron chi connectivity index (χ2n) is 6.47. The highest BCUT2D eigenvalue weighted by atomic mass is 15.1. The summed E-state index contributed by atoms with van der Waals surface area (Å²) in [5.41, 5.74) is 0.343. The van der Waals surface area contributed by atoms with Crippen LogP contribution in [-0.4, -0.2) is 23.1 Å². The van der Waals surface area contributed by atoms with Crippen molar-refractivity contribution in [2.45, 2.75) is 60.3 Å². The summed E-state index contributed by atoms with van der Waals surface area (Å²) in [7, 11) is 0. The smallest absolute Gasteiger partial charge is 0.133 e. The Morgan fingerprint density at radius 2 is 1.55 bits per heavy atom. The standard InChI is InChI=1S/C16H30N4/c1-6-8-13-19-14(17-10-7-2)12-15(20-13)18-11-9-16(3,4)5/h12H,6-11H2,1-5H3,(H2,17,18,19,20). The Balaban J connectivity index is 2.69. The molecule has 0 aliphatic heterocycles. The molecular formula is C16H30N4. The Kier molecular flexibility index (Phi) is 6.76. The number of hydrogen-bond acceptors (Lipinski definition) is 4. The van der Waals surface area contributed by atoms with Crippen molar-refractivity contribution in [2.75, 3.05) is 23.7 Å². The average Bonchev–Trinajstić information content (AvgIpc) is 2.35. The van der Waals surface area contributed by atoms with Gasteiger partial charge in [-0.15, -0.1) is 0 Å². The van der Waals surface area contributed by atoms with E-state index in [2.05, 4.69) is 55.2 Å². The molecule has 1 heterocycles. The Bertz CT molecular complexity index is 396. The lowest BCUT2D eigenvalue weighted by atomic mass is 9.92. The van der Waals surface area contributed by atoms with E-state index in [-0.39, 0.29) is 0 Å². The summed E-state index contributed by atoms with van der Waals surface area (Å²) in [5, 5.41) is 6.77. The molecule has 1 aromatic rings. The Morgan fingerprint density at radius 3 is 2.05 bits per heavy atom. The van der Waals surface area contributed by atoms with Crippen LogP contribution in [0.1, 0.15) is 59.7 Å². The largest absolute Gasteiger partial charge is 0.370 e. The molecule has 114 valence electrons. The zero-order valence-corrected chi connectivity index (χ0v) is 13.7. The number of aryl methyl sites for hydroxylation is 1. The Labute approximate surface area is 123 Å². The molecule has 0 saturated heterocycles. The predicted molar refractivity (Wildman–Crippen MR) is 87.4 cm³/mol. The molecule has 2 N–H and O–H groups in total. The first-order chi connectivity index (χ1) is 9.44. The van der Waals surface area contributed by atoms with Gasteiger partial charge in [0.1, 0.15) is 17.5 Å². The summed E-state index contributed by atoms with van der Waals surface area (Å²) in [5.74, 6) is 2.79. The highest BCUT2D eigenvalue weighted by Gasteiger charge is 2.10. The fourth-order valence-corrected chi connectivity index (χ4v) is 1.83. The third-order valence-electron chi connectivity index (χ3n) is 2.98. The van der Waals surface area contributed by atoms with Crippen LogP contribution in [0.15, 0.2) is 6.07 Å². The number of hydrogen-bond donors (Lipinski definition) is 2. The zero-order valence-electron chi connectivity index (χ0n) is 13.7. The van der Waals surface area contributed by atoms with Crippen molar-refractivity contribution >= 4 is 11.6 Å². The highest BCUT2D eigenvalue weighted by Crippen LogP contribution is 2.19. The average molecular weight is 278 g/mol. The van der Waals surface area contributed by atoms with E-state index in [1.54, 1.807) is 0 Å². The summed E-state index contributed by atoms with van der Waals surface area (Å²) in [6, 6.07) is 2.01. The summed E-state index contributed by atoms with van der Waals surface area (Å²) in [6.07, 6.45) is 4.21. The van der Waals surface area contributed by atoms with Crippen LogP contribution in [0.5, 0.6) is 0 Å². The van der Waals surface area contributed by atoms with Crippen molar-refractivity contribution in [3.63, 3.8) is 0 Å². The van der Waals surface area contributed by atoms with E-state index in [1.807, 2.05) is 6.07 Å². The first-order valence-electron chi connectivity index (χ1n) is 7.80. The van der Waals surface area contributed by atoms with E-state index in [0.717, 1.165) is 56.2 Å². The Hall–Kier alpha value is -1.32. The van der Waals surface area contributed by atoms with E-state index < -0.39 is 0 Å². The van der Waals surface area contributed by atoms with E-state index in [0.29, 0.717) is 5.41 Å². The summed E-state index contributed by atoms with van der Waals surface area (Å²) < 4.78 is 0. The molecule has 0 amide bonds. The van der Waals surface area contributed by atoms with E-state index in [9.17, 15) is 0 Å². The van der Waals surface area contributed by atoms with Gasteiger partial charge in [-0.3, -0.25) is 0 Å². The number of nitrogens with zero attached hydrogens (tertiary/aromatic N) is 2. The minimum absolute atomic E-state index is 0.343. The van der Waals surface area contributed by atoms with Crippen molar-refractivity contribution < 1.29 is 0 Å². The quantitative estimate of drug-likeness (QED) is 0.751. The molecule has 0 radical (unpaired) electrons. The van der Waals surface area contributed by atoms with Crippen molar-refractivity contribution in [3.8, 4) is 0 Å². The molecule has 1 aromatic heterocycles. The van der Waals surface area contributed by atoms with Crippen LogP contribution in [0.3, 0.4) is 0 Å². The lowest BCUT2D eigenvalue weighted by Crippen LogP contribution is -2.14. The molecule has 20 heavy (non-hydrogen) atoms. The second kappa shape index (κ2) is 8.08. The minimum atomic E-state index is 0.343. The molecule has 0 spiro atoms. The molecule has 0 unspecified atom stereocenters. The van der Waals surface area contributed by atoms with Gasteiger partial charge in [-0.25, -0.2) is 9.97 Å². The van der Waals surface area contributed by atoms with Crippen LogP contribution in [0.4, 0.5) is 11.6 Å². The first-order valence-corrected chi connectivity index (χ1v) is 7.80. The third-order valence-corrected chi connectivity index (χ3v) is 2.98. The molecular weight excluding hydrogens is 248 g/mol. The van der Waals surface area contributed by atoms with Crippen molar-refractivity contribution in [3.05, 3.63) is 11.9 Å². The van der Waals surface area contributed by atoms with E-state index >= 15 is 0 Å². The van der Waals surface area contributed by atoms with Crippen LogP contribution in [0.2, 0.25) is 0 Å². The second-order valence-corrected chi connectivity index (χ2v) is 6.47. The van der Waals surface area contributed by atoms with Crippen LogP contribution in [0.25, 0.3) is 0 Å². The zero-order chi connectivity index (χ0) is 15.0. The van der Waals surface area contributed by atoms with Gasteiger partial charge in [0.05, 0.1) is 0 Å². The third kappa shape index (κ3) is 6.73. The maximum absolute atomic E-state index is 4.59. The van der Waals surface area contributed by atoms with Crippen molar-refractivity contribution in [2.24, 2.45) is 5.41 Å². The first kappa shape index (κ1) is 16.7. The SMILES string of the molecule is CCCNc1cc(NCCC(C)(C)C)nc(CCC)n1. The maximum atomic E-state index is 4.59. The molecule has 1 rings (SSSR count). The normalized spacial score (nSPS) is 11.4. The maximum Gasteiger partial charge on any atom is 0.133 e. The lowest BCUT2D eigenvalue weighted by molar-refractivity contribution is 0.389. The van der Waals surface area contributed by atoms with Gasteiger partial charge in [-0.2, -0.15) is 0 Å². The number of anilines is 2. The van der Waals surface area contributed by atoms with E-state index in [4.69, 9.17) is 0 Å². The van der Waals surface area contributed by atoms with Gasteiger partial charge < -0.3 is 10.6 Å². The lowest BCUT2D eigenvalue weighted by Gasteiger charge is -2.18. The number of nitrogens with one attached hydrogen (secondary N) is 2. The van der Waals surface area contributed by atoms with Gasteiger partial charge in [-0.1, -0.05) is 34.6 Å². The Morgan fingerprint density at radius 1 is 0.950 bits per heavy atom. The molecule has 0 aromatic carbocycles. The van der Waals surface area contributed by atoms with Crippen LogP contribution in [0, 0.1) is 5.41 Å². The minimum Gasteiger partial charge on any atom is -0.370 e. The monoisotopic (exact) mass is 278 g/mol. The van der Waals surface area contributed by atoms with E-state index in [1.165, 1.54) is 0 Å².